The third-order valence-corrected chi connectivity index (χ3v) is 7.86. The van der Waals surface area contributed by atoms with E-state index in [1.54, 1.807) is 4.57 Å². The number of alkyl halides is 6. The summed E-state index contributed by atoms with van der Waals surface area (Å²) in [7, 11) is -13.4. The Morgan fingerprint density at radius 3 is 1.55 bits per heavy atom. The summed E-state index contributed by atoms with van der Waals surface area (Å²) in [6, 6.07) is 0. The van der Waals surface area contributed by atoms with E-state index in [2.05, 4.69) is 11.5 Å². The van der Waals surface area contributed by atoms with Gasteiger partial charge >= 0.3 is 17.0 Å². The first-order valence-corrected chi connectivity index (χ1v) is 14.9. The van der Waals surface area contributed by atoms with Gasteiger partial charge in [0.15, 0.2) is 26.6 Å². The molecule has 38 heavy (non-hydrogen) atoms. The lowest BCUT2D eigenvalue weighted by molar-refractivity contribution is -0.685. The zero-order valence-corrected chi connectivity index (χ0v) is 22.7. The van der Waals surface area contributed by atoms with Crippen LogP contribution in [0.3, 0.4) is 0 Å². The summed E-state index contributed by atoms with van der Waals surface area (Å²) in [6.45, 7) is 3.31. The molecule has 0 aromatic carbocycles. The average Bonchev–Trinajstić information content (AvgIpc) is 3.19. The van der Waals surface area contributed by atoms with E-state index in [0.29, 0.717) is 0 Å². The van der Waals surface area contributed by atoms with Gasteiger partial charge in [-0.25, -0.2) is 30.8 Å². The number of sulfonamides is 2. The van der Waals surface area contributed by atoms with E-state index >= 15 is 0 Å². The van der Waals surface area contributed by atoms with Crippen LogP contribution < -0.4 is 4.57 Å². The smallest absolute Gasteiger partial charge is 0.478 e. The zero-order valence-electron chi connectivity index (χ0n) is 21.0. The second kappa shape index (κ2) is 16.9. The lowest BCUT2D eigenvalue weighted by atomic mass is 10.1. The lowest BCUT2D eigenvalue weighted by Crippen LogP contribution is -2.35. The van der Waals surface area contributed by atoms with Gasteiger partial charge in [0.05, 0.1) is 6.54 Å². The van der Waals surface area contributed by atoms with Gasteiger partial charge < -0.3 is 9.23 Å². The van der Waals surface area contributed by atoms with E-state index in [1.165, 1.54) is 77.0 Å². The van der Waals surface area contributed by atoms with Crippen molar-refractivity contribution in [2.75, 3.05) is 0 Å². The molecule has 0 aliphatic carbocycles. The zero-order chi connectivity index (χ0) is 29.5. The van der Waals surface area contributed by atoms with Crippen molar-refractivity contribution in [2.45, 2.75) is 108 Å². The van der Waals surface area contributed by atoms with Crippen molar-refractivity contribution in [3.05, 3.63) is 22.8 Å². The van der Waals surface area contributed by atoms with Crippen LogP contribution in [0.25, 0.3) is 4.13 Å². The van der Waals surface area contributed by atoms with Gasteiger partial charge in [-0.1, -0.05) is 71.1 Å². The highest BCUT2D eigenvalue weighted by Crippen LogP contribution is 2.36. The minimum absolute atomic E-state index is 0.0471. The molecule has 9 nitrogen and oxygen atoms in total. The number of rotatable bonds is 17. The van der Waals surface area contributed by atoms with Gasteiger partial charge in [0.25, 0.3) is 0 Å². The molecule has 0 radical (unpaired) electrons. The first-order chi connectivity index (χ1) is 17.4. The van der Waals surface area contributed by atoms with Crippen molar-refractivity contribution in [3.63, 3.8) is 0 Å². The molecule has 0 spiro atoms. The molecule has 1 aromatic rings. The van der Waals surface area contributed by atoms with Crippen molar-refractivity contribution >= 4 is 26.0 Å². The van der Waals surface area contributed by atoms with Crippen LogP contribution >= 0.6 is 0 Å². The standard InChI is InChI=1S/C19H34N2O2.C2F6NO4S2/c1-2-3-4-5-6-7-8-9-10-11-12-13-14-20-15-16-21(18-20)17-19(22)23;3-1(4,5)14(10,11)9-15(12,13)2(6,7)8/h15-16,18H,2-14,17H2,1H3;/q;-1/p+1. The largest absolute Gasteiger partial charge is 0.480 e. The third-order valence-electron chi connectivity index (χ3n) is 5.12. The summed E-state index contributed by atoms with van der Waals surface area (Å²) in [4.78, 5) is 10.6. The van der Waals surface area contributed by atoms with Crippen molar-refractivity contribution < 1.29 is 57.6 Å². The maximum absolute atomic E-state index is 11.4. The third kappa shape index (κ3) is 15.5. The fraction of sp³-hybridized carbons (Fsp3) is 0.810. The van der Waals surface area contributed by atoms with Crippen molar-refractivity contribution in [2.24, 2.45) is 0 Å². The lowest BCUT2D eigenvalue weighted by Gasteiger charge is -2.22. The summed E-state index contributed by atoms with van der Waals surface area (Å²) < 4.78 is 113. The van der Waals surface area contributed by atoms with Crippen molar-refractivity contribution in [1.29, 1.82) is 0 Å². The number of hydrogen-bond donors (Lipinski definition) is 1. The summed E-state index contributed by atoms with van der Waals surface area (Å²) in [6.07, 6.45) is 22.0. The molecule has 0 unspecified atom stereocenters. The van der Waals surface area contributed by atoms with Gasteiger partial charge in [0.1, 0.15) is 12.4 Å². The number of hydrogen-bond acceptors (Lipinski definition) is 5. The van der Waals surface area contributed by atoms with Gasteiger partial charge in [-0.3, -0.25) is 0 Å². The molecule has 0 atom stereocenters. The molecule has 0 fully saturated rings. The molecule has 0 saturated carbocycles. The second-order valence-corrected chi connectivity index (χ2v) is 11.9. The highest BCUT2D eigenvalue weighted by molar-refractivity contribution is 8.13. The minimum atomic E-state index is -6.72. The predicted octanol–water partition coefficient (Wildman–Crippen LogP) is 5.62. The molecular formula is C21H35F6N3O6S2. The quantitative estimate of drug-likeness (QED) is 0.140. The number of imidazole rings is 1. The first kappa shape index (κ1) is 36.1. The monoisotopic (exact) mass is 603 g/mol. The molecule has 1 N–H and O–H groups in total. The van der Waals surface area contributed by atoms with Crippen LogP contribution in [0.4, 0.5) is 26.3 Å². The maximum atomic E-state index is 11.4. The van der Waals surface area contributed by atoms with E-state index in [0.717, 1.165) is 10.7 Å². The predicted molar refractivity (Wildman–Crippen MR) is 127 cm³/mol. The maximum Gasteiger partial charge on any atom is 0.480 e. The number of nitrogens with zero attached hydrogens (tertiary/aromatic N) is 3. The molecule has 0 aliphatic heterocycles. The Balaban J connectivity index is 0.000000793. The Morgan fingerprint density at radius 1 is 0.789 bits per heavy atom. The Bertz CT molecular complexity index is 983. The van der Waals surface area contributed by atoms with Crippen LogP contribution in [-0.4, -0.2) is 43.5 Å². The van der Waals surface area contributed by atoms with Gasteiger partial charge in [0, 0.05) is 0 Å². The number of halogens is 6. The summed E-state index contributed by atoms with van der Waals surface area (Å²) in [5.41, 5.74) is -12.4. The van der Waals surface area contributed by atoms with Crippen LogP contribution in [0.5, 0.6) is 0 Å². The van der Waals surface area contributed by atoms with Crippen LogP contribution in [0, 0.1) is 0 Å². The molecule has 0 aliphatic rings. The first-order valence-electron chi connectivity index (χ1n) is 12.1. The highest BCUT2D eigenvalue weighted by Gasteiger charge is 2.46. The number of carbonyl (C=O) groups is 1. The van der Waals surface area contributed by atoms with E-state index < -0.39 is 37.0 Å². The molecule has 1 rings (SSSR count). The number of aryl methyl sites for hydroxylation is 1. The van der Waals surface area contributed by atoms with Gasteiger partial charge in [-0.15, -0.1) is 0 Å². The van der Waals surface area contributed by atoms with Crippen molar-refractivity contribution in [1.82, 2.24) is 4.57 Å². The molecule has 224 valence electrons. The number of aliphatic carboxylic acids is 1. The number of aromatic nitrogens is 2. The van der Waals surface area contributed by atoms with E-state index in [1.807, 2.05) is 18.7 Å². The molecule has 1 aromatic heterocycles. The normalized spacial score (nSPS) is 12.7. The molecule has 0 amide bonds. The highest BCUT2D eigenvalue weighted by atomic mass is 32.3. The second-order valence-electron chi connectivity index (χ2n) is 8.52. The van der Waals surface area contributed by atoms with Crippen LogP contribution in [0.2, 0.25) is 0 Å². The van der Waals surface area contributed by atoms with E-state index in [-0.39, 0.29) is 6.54 Å². The van der Waals surface area contributed by atoms with Gasteiger partial charge in [-0.05, 0) is 12.8 Å². The fourth-order valence-corrected chi connectivity index (χ4v) is 4.88. The Morgan fingerprint density at radius 2 is 1.18 bits per heavy atom. The Labute approximate surface area is 219 Å². The van der Waals surface area contributed by atoms with E-state index in [4.69, 9.17) is 5.11 Å². The number of unbranched alkanes of at least 4 members (excludes halogenated alkanes) is 11. The molecular weight excluding hydrogens is 568 g/mol. The number of carboxylic acid groups (broad SMARTS) is 1. The van der Waals surface area contributed by atoms with Crippen LogP contribution in [0.15, 0.2) is 18.7 Å². The molecule has 17 heteroatoms. The van der Waals surface area contributed by atoms with Gasteiger partial charge in [-0.2, -0.15) is 26.3 Å². The average molecular weight is 604 g/mol. The number of carboxylic acids is 1. The SMILES string of the molecule is CCCCCCCCCCCCCCn1cc[n+](CC(=O)O)c1.O=S(=O)([N-]S(=O)(=O)C(F)(F)F)C(F)(F)F. The van der Waals surface area contributed by atoms with Gasteiger partial charge in [0.2, 0.25) is 6.33 Å². The molecule has 0 saturated heterocycles. The summed E-state index contributed by atoms with van der Waals surface area (Å²) in [5.74, 6) is -0.793. The fourth-order valence-electron chi connectivity index (χ4n) is 3.17. The summed E-state index contributed by atoms with van der Waals surface area (Å²) >= 11 is 0. The Kier molecular flexibility index (Phi) is 16.1. The summed E-state index contributed by atoms with van der Waals surface area (Å²) in [5, 5.41) is 8.73. The molecule has 0 bridgehead atoms. The van der Waals surface area contributed by atoms with Crippen molar-refractivity contribution in [3.8, 4) is 0 Å². The van der Waals surface area contributed by atoms with E-state index in [9.17, 15) is 48.0 Å². The molecule has 1 heterocycles. The Hall–Kier alpha value is -1.88. The topological polar surface area (TPSA) is 128 Å². The minimum Gasteiger partial charge on any atom is -0.478 e. The van der Waals surface area contributed by atoms with Crippen LogP contribution in [0.1, 0.15) is 84.0 Å². The van der Waals surface area contributed by atoms with Crippen LogP contribution in [-0.2, 0) is 37.9 Å².